The minimum absolute atomic E-state index is 0.214. The van der Waals surface area contributed by atoms with Crippen LogP contribution >= 0.6 is 22.9 Å². The molecule has 0 spiro atoms. The van der Waals surface area contributed by atoms with Crippen LogP contribution in [-0.2, 0) is 9.59 Å². The lowest BCUT2D eigenvalue weighted by Gasteiger charge is -2.19. The molecule has 1 N–H and O–H groups in total. The van der Waals surface area contributed by atoms with E-state index in [9.17, 15) is 9.59 Å². The number of nitrogens with one attached hydrogen (secondary N) is 1. The van der Waals surface area contributed by atoms with E-state index in [2.05, 4.69) is 5.32 Å². The van der Waals surface area contributed by atoms with Crippen molar-refractivity contribution >= 4 is 51.7 Å². The van der Waals surface area contributed by atoms with Crippen LogP contribution < -0.4 is 15.0 Å². The van der Waals surface area contributed by atoms with Crippen LogP contribution in [0.25, 0.3) is 5.57 Å². The quantitative estimate of drug-likeness (QED) is 0.540. The van der Waals surface area contributed by atoms with Crippen LogP contribution in [0.5, 0.6) is 5.75 Å². The fourth-order valence-corrected chi connectivity index (χ4v) is 4.25. The van der Waals surface area contributed by atoms with Crippen LogP contribution in [0.3, 0.4) is 0 Å². The Morgan fingerprint density at radius 2 is 1.83 bits per heavy atom. The van der Waals surface area contributed by atoms with E-state index in [4.69, 9.17) is 16.3 Å². The highest BCUT2D eigenvalue weighted by atomic mass is 35.5. The molecule has 2 amide bonds. The van der Waals surface area contributed by atoms with Crippen LogP contribution in [0.15, 0.2) is 59.6 Å². The maximum atomic E-state index is 13.5. The van der Waals surface area contributed by atoms with Crippen LogP contribution in [0.1, 0.15) is 16.0 Å². The molecule has 1 aliphatic rings. The molecule has 30 heavy (non-hydrogen) atoms. The molecule has 4 rings (SSSR count). The lowest BCUT2D eigenvalue weighted by atomic mass is 10.1. The summed E-state index contributed by atoms with van der Waals surface area (Å²) in [6, 6.07) is 14.5. The summed E-state index contributed by atoms with van der Waals surface area (Å²) in [7, 11) is 1.51. The van der Waals surface area contributed by atoms with Gasteiger partial charge in [-0.1, -0.05) is 29.8 Å². The highest BCUT2D eigenvalue weighted by molar-refractivity contribution is 7.11. The lowest BCUT2D eigenvalue weighted by Crippen LogP contribution is -2.32. The van der Waals surface area contributed by atoms with Crippen molar-refractivity contribution in [2.24, 2.45) is 0 Å². The van der Waals surface area contributed by atoms with E-state index >= 15 is 0 Å². The Labute approximate surface area is 183 Å². The maximum Gasteiger partial charge on any atom is 0.282 e. The van der Waals surface area contributed by atoms with E-state index in [1.165, 1.54) is 23.3 Å². The first-order valence-electron chi connectivity index (χ1n) is 9.25. The summed E-state index contributed by atoms with van der Waals surface area (Å²) in [5.41, 5.74) is 3.43. The van der Waals surface area contributed by atoms with Crippen molar-refractivity contribution < 1.29 is 14.3 Å². The first kappa shape index (κ1) is 20.2. The van der Waals surface area contributed by atoms with Gasteiger partial charge in [-0.2, -0.15) is 0 Å². The summed E-state index contributed by atoms with van der Waals surface area (Å²) in [6.07, 6.45) is 0. The number of imide groups is 1. The normalized spacial score (nSPS) is 13.9. The van der Waals surface area contributed by atoms with Crippen LogP contribution in [0, 0.1) is 13.8 Å². The minimum Gasteiger partial charge on any atom is -0.495 e. The van der Waals surface area contributed by atoms with Gasteiger partial charge in [-0.25, -0.2) is 4.90 Å². The van der Waals surface area contributed by atoms with Gasteiger partial charge in [-0.05, 0) is 60.7 Å². The zero-order chi connectivity index (χ0) is 21.4. The molecule has 0 saturated carbocycles. The Balaban J connectivity index is 1.83. The number of rotatable bonds is 5. The molecule has 0 saturated heterocycles. The van der Waals surface area contributed by atoms with Crippen molar-refractivity contribution in [1.82, 2.24) is 0 Å². The van der Waals surface area contributed by atoms with Gasteiger partial charge in [0.1, 0.15) is 11.4 Å². The molecule has 2 heterocycles. The molecule has 2 aromatic carbocycles. The predicted molar refractivity (Wildman–Crippen MR) is 121 cm³/mol. The van der Waals surface area contributed by atoms with E-state index in [0.717, 1.165) is 11.1 Å². The van der Waals surface area contributed by atoms with Crippen LogP contribution in [0.4, 0.5) is 11.4 Å². The lowest BCUT2D eigenvalue weighted by molar-refractivity contribution is -0.120. The van der Waals surface area contributed by atoms with Gasteiger partial charge in [0, 0.05) is 15.6 Å². The number of carbonyl (C=O) groups is 2. The Hall–Kier alpha value is -3.09. The molecule has 0 atom stereocenters. The highest BCUT2D eigenvalue weighted by Gasteiger charge is 2.41. The van der Waals surface area contributed by atoms with Gasteiger partial charge in [-0.15, -0.1) is 11.3 Å². The topological polar surface area (TPSA) is 58.6 Å². The van der Waals surface area contributed by atoms with Gasteiger partial charge in [-0.3, -0.25) is 9.59 Å². The van der Waals surface area contributed by atoms with Crippen molar-refractivity contribution in [3.05, 3.63) is 80.6 Å². The Bertz CT molecular complexity index is 1190. The van der Waals surface area contributed by atoms with Gasteiger partial charge in [0.15, 0.2) is 0 Å². The first-order valence-corrected chi connectivity index (χ1v) is 10.5. The van der Waals surface area contributed by atoms with Crippen molar-refractivity contribution in [3.8, 4) is 5.75 Å². The van der Waals surface area contributed by atoms with Gasteiger partial charge in [0.25, 0.3) is 11.8 Å². The molecule has 0 aliphatic carbocycles. The number of halogens is 1. The molecule has 0 unspecified atom stereocenters. The second kappa shape index (κ2) is 7.97. The molecule has 5 nitrogen and oxygen atoms in total. The molecule has 1 aromatic heterocycles. The number of hydrogen-bond acceptors (Lipinski definition) is 5. The Kier molecular flexibility index (Phi) is 5.37. The SMILES string of the molecule is COc1ccc(C)cc1N1C(=O)C(Nc2ccc(C)c(Cl)c2)=C(c2cccs2)C1=O. The van der Waals surface area contributed by atoms with Crippen molar-refractivity contribution in [2.75, 3.05) is 17.3 Å². The third-order valence-corrected chi connectivity index (χ3v) is 6.16. The van der Waals surface area contributed by atoms with Crippen molar-refractivity contribution in [1.29, 1.82) is 0 Å². The molecule has 0 bridgehead atoms. The van der Waals surface area contributed by atoms with Gasteiger partial charge in [0.05, 0.1) is 18.4 Å². The van der Waals surface area contributed by atoms with Crippen molar-refractivity contribution in [2.45, 2.75) is 13.8 Å². The van der Waals surface area contributed by atoms with Crippen LogP contribution in [-0.4, -0.2) is 18.9 Å². The smallest absolute Gasteiger partial charge is 0.282 e. The summed E-state index contributed by atoms with van der Waals surface area (Å²) in [4.78, 5) is 28.8. The molecular weight excluding hydrogens is 420 g/mol. The zero-order valence-electron chi connectivity index (χ0n) is 16.7. The van der Waals surface area contributed by atoms with Gasteiger partial charge < -0.3 is 10.1 Å². The number of nitrogens with zero attached hydrogens (tertiary/aromatic N) is 1. The third kappa shape index (κ3) is 3.49. The van der Waals surface area contributed by atoms with E-state index in [0.29, 0.717) is 32.6 Å². The molecular formula is C23H19ClN2O3S. The molecule has 7 heteroatoms. The first-order chi connectivity index (χ1) is 14.4. The summed E-state index contributed by atoms with van der Waals surface area (Å²) < 4.78 is 5.42. The number of benzene rings is 2. The van der Waals surface area contributed by atoms with E-state index < -0.39 is 11.8 Å². The standard InChI is InChI=1S/C23H19ClN2O3S/c1-13-6-9-18(29-3)17(11-13)26-22(27)20(19-5-4-10-30-19)21(23(26)28)25-15-8-7-14(2)16(24)12-15/h4-12,25H,1-3H3. The number of amides is 2. The zero-order valence-corrected chi connectivity index (χ0v) is 18.2. The second-order valence-electron chi connectivity index (χ2n) is 6.94. The summed E-state index contributed by atoms with van der Waals surface area (Å²) in [6.45, 7) is 3.80. The largest absolute Gasteiger partial charge is 0.495 e. The monoisotopic (exact) mass is 438 g/mol. The third-order valence-electron chi connectivity index (χ3n) is 4.87. The number of ether oxygens (including phenoxy) is 1. The average Bonchev–Trinajstić information content (AvgIpc) is 3.32. The second-order valence-corrected chi connectivity index (χ2v) is 8.29. The fourth-order valence-electron chi connectivity index (χ4n) is 3.30. The molecule has 3 aromatic rings. The van der Waals surface area contributed by atoms with Crippen molar-refractivity contribution in [3.63, 3.8) is 0 Å². The molecule has 0 radical (unpaired) electrons. The number of hydrogen-bond donors (Lipinski definition) is 1. The average molecular weight is 439 g/mol. The summed E-state index contributed by atoms with van der Waals surface area (Å²) >= 11 is 7.65. The predicted octanol–water partition coefficient (Wildman–Crippen LogP) is 5.42. The maximum absolute atomic E-state index is 13.5. The summed E-state index contributed by atoms with van der Waals surface area (Å²) in [5.74, 6) is -0.386. The number of methoxy groups -OCH3 is 1. The number of carbonyl (C=O) groups excluding carboxylic acids is 2. The highest BCUT2D eigenvalue weighted by Crippen LogP contribution is 2.39. The fraction of sp³-hybridized carbons (Fsp3) is 0.130. The summed E-state index contributed by atoms with van der Waals surface area (Å²) in [5, 5.41) is 5.58. The molecule has 1 aliphatic heterocycles. The molecule has 152 valence electrons. The van der Waals surface area contributed by atoms with Gasteiger partial charge >= 0.3 is 0 Å². The van der Waals surface area contributed by atoms with E-state index in [1.807, 2.05) is 49.6 Å². The number of anilines is 2. The minimum atomic E-state index is -0.441. The molecule has 0 fully saturated rings. The van der Waals surface area contributed by atoms with E-state index in [-0.39, 0.29) is 5.70 Å². The van der Waals surface area contributed by atoms with Crippen LogP contribution in [0.2, 0.25) is 5.02 Å². The van der Waals surface area contributed by atoms with E-state index in [1.54, 1.807) is 18.2 Å². The number of thiophene rings is 1. The Morgan fingerprint density at radius 3 is 2.50 bits per heavy atom. The van der Waals surface area contributed by atoms with Gasteiger partial charge in [0.2, 0.25) is 0 Å². The Morgan fingerprint density at radius 1 is 1.03 bits per heavy atom. The number of aryl methyl sites for hydroxylation is 2.